The largest absolute Gasteiger partial charge is 0.345 e. The van der Waals surface area contributed by atoms with Gasteiger partial charge in [-0.25, -0.2) is 9.48 Å². The van der Waals surface area contributed by atoms with Crippen LogP contribution in [0.15, 0.2) is 10.9 Å². The molecular formula is C18H30N6O. The van der Waals surface area contributed by atoms with Crippen LogP contribution in [-0.4, -0.2) is 42.5 Å². The average Bonchev–Trinajstić information content (AvgIpc) is 3.12. The molecule has 7 nitrogen and oxygen atoms in total. The first-order chi connectivity index (χ1) is 12.0. The summed E-state index contributed by atoms with van der Waals surface area (Å²) in [4.78, 5) is 14.5. The zero-order chi connectivity index (χ0) is 18.0. The van der Waals surface area contributed by atoms with Crippen molar-refractivity contribution in [3.63, 3.8) is 0 Å². The molecule has 0 aromatic carbocycles. The molecule has 0 bridgehead atoms. The first-order valence-electron chi connectivity index (χ1n) is 9.37. The van der Waals surface area contributed by atoms with E-state index in [-0.39, 0.29) is 5.69 Å². The summed E-state index contributed by atoms with van der Waals surface area (Å²) in [6.45, 7) is 10.1. The van der Waals surface area contributed by atoms with Crippen LogP contribution in [-0.2, 0) is 26.6 Å². The van der Waals surface area contributed by atoms with Gasteiger partial charge in [-0.3, -0.25) is 14.6 Å². The molecule has 1 saturated heterocycles. The normalized spacial score (nSPS) is 16.8. The van der Waals surface area contributed by atoms with Crippen molar-refractivity contribution in [3.8, 4) is 0 Å². The van der Waals surface area contributed by atoms with Crippen LogP contribution in [0.5, 0.6) is 0 Å². The molecule has 1 aliphatic rings. The lowest BCUT2D eigenvalue weighted by Gasteiger charge is -2.31. The number of piperidine rings is 1. The molecular weight excluding hydrogens is 316 g/mol. The zero-order valence-electron chi connectivity index (χ0n) is 15.8. The van der Waals surface area contributed by atoms with E-state index in [1.807, 2.05) is 11.5 Å². The smallest absolute Gasteiger partial charge is 0.297 e. The Bertz CT molecular complexity index is 748. The van der Waals surface area contributed by atoms with E-state index < -0.39 is 0 Å². The molecule has 2 aromatic rings. The lowest BCUT2D eigenvalue weighted by molar-refractivity contribution is 0.198. The maximum atomic E-state index is 12.1. The number of aryl methyl sites for hydroxylation is 1. The molecule has 138 valence electrons. The highest BCUT2D eigenvalue weighted by Crippen LogP contribution is 2.26. The van der Waals surface area contributed by atoms with Crippen molar-refractivity contribution >= 4 is 0 Å². The van der Waals surface area contributed by atoms with Crippen LogP contribution in [0.25, 0.3) is 0 Å². The molecule has 0 saturated carbocycles. The Morgan fingerprint density at radius 2 is 2.04 bits per heavy atom. The van der Waals surface area contributed by atoms with Gasteiger partial charge in [-0.05, 0) is 51.3 Å². The van der Waals surface area contributed by atoms with E-state index in [4.69, 9.17) is 0 Å². The summed E-state index contributed by atoms with van der Waals surface area (Å²) in [7, 11) is 1.74. The topological polar surface area (TPSA) is 71.7 Å². The van der Waals surface area contributed by atoms with Gasteiger partial charge >= 0.3 is 5.69 Å². The van der Waals surface area contributed by atoms with Gasteiger partial charge in [0.25, 0.3) is 0 Å². The van der Waals surface area contributed by atoms with Gasteiger partial charge in [0.05, 0.1) is 5.69 Å². The number of nitrogens with zero attached hydrogens (tertiary/aromatic N) is 5. The Balaban J connectivity index is 1.58. The average molecular weight is 346 g/mol. The summed E-state index contributed by atoms with van der Waals surface area (Å²) < 4.78 is 3.28. The molecule has 25 heavy (non-hydrogen) atoms. The number of hydrogen-bond donors (Lipinski definition) is 1. The van der Waals surface area contributed by atoms with Gasteiger partial charge in [-0.15, -0.1) is 0 Å². The molecule has 7 heteroatoms. The highest BCUT2D eigenvalue weighted by atomic mass is 16.2. The third-order valence-corrected chi connectivity index (χ3v) is 5.00. The summed E-state index contributed by atoms with van der Waals surface area (Å²) in [5, 5.41) is 12.1. The van der Waals surface area contributed by atoms with E-state index in [0.717, 1.165) is 50.4 Å². The minimum atomic E-state index is -0.00456. The first kappa shape index (κ1) is 17.9. The van der Waals surface area contributed by atoms with Crippen LogP contribution in [0, 0.1) is 5.92 Å². The SMILES string of the molecule is CCn1c(C2CCN(Cc3cc(CC(C)C)n[nH]3)CC2)nn(C)c1=O. The number of nitrogens with one attached hydrogen (secondary N) is 1. The molecule has 0 aliphatic carbocycles. The quantitative estimate of drug-likeness (QED) is 0.867. The summed E-state index contributed by atoms with van der Waals surface area (Å²) in [6.07, 6.45) is 3.11. The summed E-state index contributed by atoms with van der Waals surface area (Å²) >= 11 is 0. The number of H-pyrrole nitrogens is 1. The van der Waals surface area contributed by atoms with Crippen molar-refractivity contribution in [2.45, 2.75) is 59.0 Å². The van der Waals surface area contributed by atoms with Crippen molar-refractivity contribution in [1.29, 1.82) is 0 Å². The second-order valence-electron chi connectivity index (χ2n) is 7.54. The molecule has 0 spiro atoms. The highest BCUT2D eigenvalue weighted by molar-refractivity contribution is 5.09. The predicted molar refractivity (Wildman–Crippen MR) is 97.5 cm³/mol. The Labute approximate surface area is 149 Å². The molecule has 0 amide bonds. The molecule has 2 aromatic heterocycles. The van der Waals surface area contributed by atoms with E-state index in [1.165, 1.54) is 10.4 Å². The van der Waals surface area contributed by atoms with Crippen LogP contribution < -0.4 is 5.69 Å². The second kappa shape index (κ2) is 7.56. The number of aromatic nitrogens is 5. The standard InChI is InChI=1S/C18H30N6O/c1-5-24-17(21-22(4)18(24)25)14-6-8-23(9-7-14)12-16-11-15(19-20-16)10-13(2)3/h11,13-14H,5-10,12H2,1-4H3,(H,19,20). The molecule has 3 heterocycles. The fraction of sp³-hybridized carbons (Fsp3) is 0.722. The number of aromatic amines is 1. The third-order valence-electron chi connectivity index (χ3n) is 5.00. The van der Waals surface area contributed by atoms with Crippen molar-refractivity contribution in [2.24, 2.45) is 13.0 Å². The van der Waals surface area contributed by atoms with Gasteiger partial charge in [0.1, 0.15) is 5.82 Å². The van der Waals surface area contributed by atoms with Gasteiger partial charge in [-0.2, -0.15) is 10.2 Å². The van der Waals surface area contributed by atoms with Crippen LogP contribution >= 0.6 is 0 Å². The Morgan fingerprint density at radius 3 is 2.68 bits per heavy atom. The molecule has 0 unspecified atom stereocenters. The minimum absolute atomic E-state index is 0.00456. The zero-order valence-corrected chi connectivity index (χ0v) is 15.8. The van der Waals surface area contributed by atoms with Crippen LogP contribution in [0.2, 0.25) is 0 Å². The summed E-state index contributed by atoms with van der Waals surface area (Å²) in [6, 6.07) is 2.19. The monoisotopic (exact) mass is 346 g/mol. The van der Waals surface area contributed by atoms with E-state index in [9.17, 15) is 4.79 Å². The third kappa shape index (κ3) is 4.03. The maximum Gasteiger partial charge on any atom is 0.345 e. The Morgan fingerprint density at radius 1 is 1.32 bits per heavy atom. The molecule has 1 aliphatic heterocycles. The van der Waals surface area contributed by atoms with Gasteiger partial charge < -0.3 is 0 Å². The van der Waals surface area contributed by atoms with Gasteiger partial charge in [0.15, 0.2) is 0 Å². The van der Waals surface area contributed by atoms with Crippen molar-refractivity contribution < 1.29 is 0 Å². The Hall–Kier alpha value is -1.89. The predicted octanol–water partition coefficient (Wildman–Crippen LogP) is 1.90. The molecule has 1 fully saturated rings. The number of hydrogen-bond acceptors (Lipinski definition) is 4. The number of likely N-dealkylation sites (tertiary alicyclic amines) is 1. The van der Waals surface area contributed by atoms with Crippen molar-refractivity contribution in [2.75, 3.05) is 13.1 Å². The first-order valence-corrected chi connectivity index (χ1v) is 9.37. The molecule has 3 rings (SSSR count). The van der Waals surface area contributed by atoms with Gasteiger partial charge in [0, 0.05) is 31.7 Å². The van der Waals surface area contributed by atoms with Crippen LogP contribution in [0.3, 0.4) is 0 Å². The van der Waals surface area contributed by atoms with E-state index in [0.29, 0.717) is 18.4 Å². The van der Waals surface area contributed by atoms with E-state index >= 15 is 0 Å². The van der Waals surface area contributed by atoms with Gasteiger partial charge in [0.2, 0.25) is 0 Å². The Kier molecular flexibility index (Phi) is 5.42. The second-order valence-corrected chi connectivity index (χ2v) is 7.54. The van der Waals surface area contributed by atoms with Crippen molar-refractivity contribution in [3.05, 3.63) is 33.8 Å². The van der Waals surface area contributed by atoms with E-state index in [1.54, 1.807) is 7.05 Å². The highest BCUT2D eigenvalue weighted by Gasteiger charge is 2.26. The fourth-order valence-corrected chi connectivity index (χ4v) is 3.73. The summed E-state index contributed by atoms with van der Waals surface area (Å²) in [5.74, 6) is 1.96. The lowest BCUT2D eigenvalue weighted by atomic mass is 9.95. The maximum absolute atomic E-state index is 12.1. The fourth-order valence-electron chi connectivity index (χ4n) is 3.73. The van der Waals surface area contributed by atoms with Crippen molar-refractivity contribution in [1.82, 2.24) is 29.4 Å². The van der Waals surface area contributed by atoms with Crippen LogP contribution in [0.4, 0.5) is 0 Å². The lowest BCUT2D eigenvalue weighted by Crippen LogP contribution is -2.34. The van der Waals surface area contributed by atoms with Crippen LogP contribution in [0.1, 0.15) is 56.7 Å². The van der Waals surface area contributed by atoms with E-state index in [2.05, 4.69) is 40.1 Å². The van der Waals surface area contributed by atoms with Gasteiger partial charge in [-0.1, -0.05) is 13.8 Å². The minimum Gasteiger partial charge on any atom is -0.297 e. The molecule has 0 radical (unpaired) electrons. The summed E-state index contributed by atoms with van der Waals surface area (Å²) in [5.41, 5.74) is 2.34. The molecule has 1 N–H and O–H groups in total. The molecule has 0 atom stereocenters. The number of rotatable bonds is 6.